The summed E-state index contributed by atoms with van der Waals surface area (Å²) < 4.78 is 49.3. The molecule has 1 amide bonds. The predicted molar refractivity (Wildman–Crippen MR) is 377 cm³/mol. The van der Waals surface area contributed by atoms with Crippen molar-refractivity contribution in [2.75, 3.05) is 20.8 Å². The van der Waals surface area contributed by atoms with Crippen LogP contribution in [0.25, 0.3) is 0 Å². The van der Waals surface area contributed by atoms with E-state index in [0.717, 1.165) is 76.1 Å². The van der Waals surface area contributed by atoms with Gasteiger partial charge in [-0.15, -0.1) is 5.10 Å². The molecule has 0 spiro atoms. The minimum absolute atomic E-state index is 0.0509. The molecule has 5 aliphatic carbocycles. The second-order valence-corrected chi connectivity index (χ2v) is 25.7. The Morgan fingerprint density at radius 1 is 0.562 bits per heavy atom. The van der Waals surface area contributed by atoms with E-state index in [9.17, 15) is 28.3 Å². The van der Waals surface area contributed by atoms with Crippen molar-refractivity contribution in [1.29, 1.82) is 21.0 Å². The largest absolute Gasteiger partial charge is 0.508 e. The van der Waals surface area contributed by atoms with E-state index in [1.165, 1.54) is 66.4 Å². The van der Waals surface area contributed by atoms with E-state index in [1.807, 2.05) is 24.3 Å². The summed E-state index contributed by atoms with van der Waals surface area (Å²) in [5, 5.41) is 66.9. The predicted octanol–water partition coefficient (Wildman–Crippen LogP) is 14.2. The van der Waals surface area contributed by atoms with Gasteiger partial charge in [-0.05, 0) is 260 Å². The van der Waals surface area contributed by atoms with Crippen molar-refractivity contribution in [1.82, 2.24) is 50.2 Å². The Bertz CT molecular complexity index is 4660. The van der Waals surface area contributed by atoms with E-state index < -0.39 is 11.4 Å². The summed E-state index contributed by atoms with van der Waals surface area (Å²) in [6, 6.07) is 51.4. The van der Waals surface area contributed by atoms with Crippen LogP contribution in [0.1, 0.15) is 119 Å². The highest BCUT2D eigenvalue weighted by atomic mass is 79.9. The first-order valence-corrected chi connectivity index (χ1v) is 34.2. The summed E-state index contributed by atoms with van der Waals surface area (Å²) in [7, 11) is 3.14. The molecule has 16 rings (SSSR count). The molecule has 4 aromatic carbocycles. The Labute approximate surface area is 611 Å². The zero-order valence-corrected chi connectivity index (χ0v) is 58.5. The van der Waals surface area contributed by atoms with Crippen LogP contribution >= 0.6 is 15.9 Å². The number of benzene rings is 4. The van der Waals surface area contributed by atoms with E-state index in [2.05, 4.69) is 68.5 Å². The molecule has 7 heterocycles. The Hall–Kier alpha value is -12.1. The topological polar surface area (TPSA) is 348 Å². The van der Waals surface area contributed by atoms with Crippen LogP contribution < -0.4 is 14.2 Å². The number of aromatic nitrogens is 9. The lowest BCUT2D eigenvalue weighted by Gasteiger charge is -2.27. The highest BCUT2D eigenvalue weighted by molar-refractivity contribution is 9.10. The van der Waals surface area contributed by atoms with E-state index in [4.69, 9.17) is 49.9 Å². The van der Waals surface area contributed by atoms with Crippen molar-refractivity contribution < 1.29 is 57.2 Å². The monoisotopic (exact) mass is 1480 g/mol. The molecule has 5 saturated carbocycles. The van der Waals surface area contributed by atoms with Gasteiger partial charge in [0, 0.05) is 24.8 Å². The summed E-state index contributed by atoms with van der Waals surface area (Å²) in [6.45, 7) is 1.05. The van der Waals surface area contributed by atoms with Crippen LogP contribution in [0.2, 0.25) is 0 Å². The summed E-state index contributed by atoms with van der Waals surface area (Å²) in [5.41, 5.74) is 3.60. The van der Waals surface area contributed by atoms with Crippen LogP contribution in [0.3, 0.4) is 0 Å². The third-order valence-electron chi connectivity index (χ3n) is 16.8. The summed E-state index contributed by atoms with van der Waals surface area (Å²) in [4.78, 5) is 59.2. The number of hydroxylamine groups is 2. The number of Topliss-reactive ketones (excluding diaryl/α,β-unsaturated/α-hetero) is 2. The standard InChI is InChI=1S/C18H16N6O2.C17H14N2O2.C16H12N2O2.C9H8FNO.C7H5NO.C6H11NO2.C5H3BrFN/c19-9-13-1-5-15(6-2-13)26-16-7-8-17(20-10-16)18(25,14-3-4-14)11-24-12-21-22-23-24;18-9-12-1-5-14(6-2-12)21-15-7-8-16(19-10-15)17(11-20-17)13-3-4-13;17-9-11-1-5-13(6-2-11)20-14-7-8-15(18-10-14)16(19)12-3-4-12;10-7-3-4-8(11-5-7)9(12)6-1-2-6;8-5-6-1-3-7(9)4-2-6;1-7(9-2)6(8)5-3-4-5;6-5-2-1-4(7)3-8-5/h1-2,5-8,10,12,14,25H,3-4,11H2;1-2,5-8,10,13H,3-4,11H2;1-2,5-8,10,12H,3-4H2;3-6H,1-2H2;1-4,9H;5H,3-4H2,1-2H3;1-3H. The number of amides is 1. The molecule has 1 saturated heterocycles. The van der Waals surface area contributed by atoms with Crippen molar-refractivity contribution in [3.05, 3.63) is 256 Å². The number of aliphatic hydroxyl groups is 1. The fourth-order valence-corrected chi connectivity index (χ4v) is 10.3. The van der Waals surface area contributed by atoms with E-state index in [0.29, 0.717) is 84.4 Å². The first-order chi connectivity index (χ1) is 50.9. The Morgan fingerprint density at radius 2 is 0.990 bits per heavy atom. The second-order valence-electron chi connectivity index (χ2n) is 24.9. The maximum atomic E-state index is 12.4. The number of carbonyl (C=O) groups is 3. The number of phenolic OH excluding ortho intramolecular Hbond substituents is 1. The Balaban J connectivity index is 0.000000137. The molecule has 24 nitrogen and oxygen atoms in total. The van der Waals surface area contributed by atoms with E-state index >= 15 is 0 Å². The molecular weight excluding hydrogens is 1410 g/mol. The van der Waals surface area contributed by atoms with Crippen molar-refractivity contribution in [3.63, 3.8) is 0 Å². The molecule has 2 N–H and O–H groups in total. The molecule has 532 valence electrons. The lowest BCUT2D eigenvalue weighted by atomic mass is 9.93. The molecule has 2 atom stereocenters. The van der Waals surface area contributed by atoms with Gasteiger partial charge in [0.05, 0.1) is 109 Å². The number of epoxide rings is 1. The molecule has 0 bridgehead atoms. The minimum Gasteiger partial charge on any atom is -0.508 e. The highest BCUT2D eigenvalue weighted by Gasteiger charge is 2.58. The molecule has 6 aliphatic rings. The van der Waals surface area contributed by atoms with Gasteiger partial charge in [-0.3, -0.25) is 34.2 Å². The molecule has 6 fully saturated rings. The summed E-state index contributed by atoms with van der Waals surface area (Å²) in [5.74, 6) is 4.90. The number of aromatic hydroxyl groups is 1. The molecule has 2 unspecified atom stereocenters. The van der Waals surface area contributed by atoms with Crippen molar-refractivity contribution in [2.24, 2.45) is 29.6 Å². The Kier molecular flexibility index (Phi) is 26.0. The number of ketones is 2. The quantitative estimate of drug-likeness (QED) is 0.0349. The number of rotatable bonds is 18. The average Bonchev–Trinajstić information content (AvgIpc) is 1.58. The van der Waals surface area contributed by atoms with Crippen LogP contribution in [0.5, 0.6) is 40.2 Å². The van der Waals surface area contributed by atoms with E-state index in [-0.39, 0.29) is 64.9 Å². The van der Waals surface area contributed by atoms with Gasteiger partial charge < -0.3 is 29.2 Å². The number of nitriles is 4. The number of ether oxygens (including phenoxy) is 4. The third-order valence-corrected chi connectivity index (χ3v) is 17.3. The minimum atomic E-state index is -1.11. The van der Waals surface area contributed by atoms with Gasteiger partial charge in [-0.25, -0.2) is 28.5 Å². The zero-order valence-electron chi connectivity index (χ0n) is 56.9. The van der Waals surface area contributed by atoms with Gasteiger partial charge in [0.15, 0.2) is 11.6 Å². The summed E-state index contributed by atoms with van der Waals surface area (Å²) >= 11 is 3.07. The van der Waals surface area contributed by atoms with Gasteiger partial charge in [0.2, 0.25) is 5.91 Å². The molecule has 6 aromatic heterocycles. The molecule has 0 radical (unpaired) electrons. The van der Waals surface area contributed by atoms with Crippen LogP contribution in [-0.2, 0) is 32.1 Å². The van der Waals surface area contributed by atoms with Gasteiger partial charge in [0.25, 0.3) is 0 Å². The Morgan fingerprint density at radius 3 is 1.33 bits per heavy atom. The maximum absolute atomic E-state index is 12.4. The fourth-order valence-electron chi connectivity index (χ4n) is 10.1. The van der Waals surface area contributed by atoms with Crippen LogP contribution in [0.15, 0.2) is 200 Å². The lowest BCUT2D eigenvalue weighted by Crippen LogP contribution is -2.35. The smallest absolute Gasteiger partial charge is 0.248 e. The molecule has 10 aromatic rings. The fraction of sp³-hybridized carbons (Fsp3) is 0.269. The maximum Gasteiger partial charge on any atom is 0.248 e. The van der Waals surface area contributed by atoms with Gasteiger partial charge in [0.1, 0.15) is 85.4 Å². The molecule has 27 heteroatoms. The van der Waals surface area contributed by atoms with Crippen molar-refractivity contribution in [2.45, 2.75) is 82.0 Å². The lowest BCUT2D eigenvalue weighted by molar-refractivity contribution is -0.170. The normalized spacial score (nSPS) is 15.9. The van der Waals surface area contributed by atoms with Gasteiger partial charge in [-0.1, -0.05) is 0 Å². The summed E-state index contributed by atoms with van der Waals surface area (Å²) in [6.07, 6.45) is 18.9. The molecule has 105 heavy (non-hydrogen) atoms. The highest BCUT2D eigenvalue weighted by Crippen LogP contribution is 2.55. The number of tetrazole rings is 1. The van der Waals surface area contributed by atoms with Crippen molar-refractivity contribution in [3.8, 4) is 64.5 Å². The van der Waals surface area contributed by atoms with Crippen LogP contribution in [0.4, 0.5) is 8.78 Å². The third kappa shape index (κ3) is 22.9. The molecular formula is C78H69BrF2N14O10. The molecule has 1 aliphatic heterocycles. The average molecular weight is 1480 g/mol. The first kappa shape index (κ1) is 75.6. The number of pyridine rings is 5. The number of hydrogen-bond acceptors (Lipinski definition) is 22. The van der Waals surface area contributed by atoms with Gasteiger partial charge >= 0.3 is 0 Å². The van der Waals surface area contributed by atoms with E-state index in [1.54, 1.807) is 141 Å². The number of hydrogen-bond donors (Lipinski definition) is 2. The number of nitrogens with zero attached hydrogens (tertiary/aromatic N) is 14. The first-order valence-electron chi connectivity index (χ1n) is 33.4. The number of halogens is 3. The second kappa shape index (κ2) is 36.2. The van der Waals surface area contributed by atoms with Gasteiger partial charge in [-0.2, -0.15) is 21.0 Å². The van der Waals surface area contributed by atoms with Crippen LogP contribution in [0, 0.1) is 86.5 Å². The zero-order chi connectivity index (χ0) is 74.3. The van der Waals surface area contributed by atoms with Crippen LogP contribution in [-0.4, -0.2) is 98.6 Å². The SMILES string of the molecule is CON(C)C(=O)C1CC1.Fc1ccc(Br)nc1.N#Cc1ccc(O)cc1.N#Cc1ccc(Oc2ccc(C(=O)C3CC3)nc2)cc1.N#Cc1ccc(Oc2ccc(C(O)(Cn3cnnn3)C3CC3)nc2)cc1.N#Cc1ccc(Oc2ccc(C3(C4CC4)CO3)nc2)cc1.O=C(c1ccc(F)cn1)C1CC1. The number of carbonyl (C=O) groups excluding carboxylic acids is 3. The van der Waals surface area contributed by atoms with Crippen molar-refractivity contribution >= 4 is 33.4 Å². The number of phenols is 1.